The van der Waals surface area contributed by atoms with Crippen molar-refractivity contribution in [3.05, 3.63) is 53.6 Å². The third-order valence-electron chi connectivity index (χ3n) is 4.75. The molecule has 1 atom stereocenters. The third kappa shape index (κ3) is 9.48. The maximum Gasteiger partial charge on any atom is 0.524 e. The van der Waals surface area contributed by atoms with Gasteiger partial charge in [0.25, 0.3) is 5.91 Å². The molecule has 0 aliphatic heterocycles. The van der Waals surface area contributed by atoms with E-state index in [4.69, 9.17) is 15.5 Å². The number of carbonyl (C=O) groups is 2. The van der Waals surface area contributed by atoms with E-state index in [1.165, 1.54) is 24.3 Å². The van der Waals surface area contributed by atoms with Gasteiger partial charge in [-0.15, -0.1) is 0 Å². The van der Waals surface area contributed by atoms with Crippen LogP contribution in [-0.4, -0.2) is 39.8 Å². The van der Waals surface area contributed by atoms with Gasteiger partial charge in [-0.05, 0) is 54.8 Å². The Balaban J connectivity index is 2.11. The summed E-state index contributed by atoms with van der Waals surface area (Å²) in [6.45, 7) is 0.883. The second-order valence-corrected chi connectivity index (χ2v) is 8.75. The second kappa shape index (κ2) is 13.0. The molecule has 2 aromatic carbocycles. The van der Waals surface area contributed by atoms with Crippen molar-refractivity contribution < 1.29 is 38.0 Å². The number of benzene rings is 2. The van der Waals surface area contributed by atoms with Gasteiger partial charge in [0.05, 0.1) is 12.1 Å². The molecule has 2 amide bonds. The number of anilines is 1. The molecular formula is C22H29FN3O7P. The van der Waals surface area contributed by atoms with E-state index in [0.29, 0.717) is 25.1 Å². The van der Waals surface area contributed by atoms with Crippen LogP contribution in [0.1, 0.15) is 43.0 Å². The number of nitrogens with one attached hydrogen (secondary N) is 2. The molecule has 0 aliphatic rings. The molecule has 2 rings (SSSR count). The highest BCUT2D eigenvalue weighted by molar-refractivity contribution is 7.46. The highest BCUT2D eigenvalue weighted by atomic mass is 31.2. The summed E-state index contributed by atoms with van der Waals surface area (Å²) in [5, 5.41) is 14.3. The average Bonchev–Trinajstić information content (AvgIpc) is 2.77. The van der Waals surface area contributed by atoms with E-state index < -0.39 is 25.8 Å². The summed E-state index contributed by atoms with van der Waals surface area (Å²) in [5.41, 5.74) is 5.64. The van der Waals surface area contributed by atoms with Crippen LogP contribution in [-0.2, 0) is 20.6 Å². The predicted molar refractivity (Wildman–Crippen MR) is 124 cm³/mol. The van der Waals surface area contributed by atoms with Gasteiger partial charge in [0.15, 0.2) is 5.75 Å². The number of phosphoric ester groups is 1. The molecule has 0 bridgehead atoms. The van der Waals surface area contributed by atoms with Gasteiger partial charge < -0.3 is 26.0 Å². The molecule has 7 N–H and O–H groups in total. The summed E-state index contributed by atoms with van der Waals surface area (Å²) in [5.74, 6) is -1.82. The lowest BCUT2D eigenvalue weighted by Crippen LogP contribution is -2.28. The molecule has 34 heavy (non-hydrogen) atoms. The van der Waals surface area contributed by atoms with Crippen molar-refractivity contribution >= 4 is 25.3 Å². The van der Waals surface area contributed by atoms with Crippen LogP contribution >= 0.6 is 7.82 Å². The number of aromatic hydroxyl groups is 1. The van der Waals surface area contributed by atoms with Crippen LogP contribution < -0.4 is 20.9 Å². The fourth-order valence-corrected chi connectivity index (χ4v) is 3.50. The summed E-state index contributed by atoms with van der Waals surface area (Å²) in [4.78, 5) is 42.9. The molecule has 10 nitrogen and oxygen atoms in total. The molecule has 0 radical (unpaired) electrons. The number of amides is 2. The summed E-state index contributed by atoms with van der Waals surface area (Å²) in [6.07, 6.45) is 1.11. The first-order chi connectivity index (χ1) is 16.1. The molecule has 0 heterocycles. The molecule has 0 saturated heterocycles. The quantitative estimate of drug-likeness (QED) is 0.181. The number of phenols is 1. The van der Waals surface area contributed by atoms with Gasteiger partial charge in [0.2, 0.25) is 12.1 Å². The average molecular weight is 497 g/mol. The molecule has 0 spiro atoms. The highest BCUT2D eigenvalue weighted by Gasteiger charge is 2.24. The van der Waals surface area contributed by atoms with Crippen LogP contribution in [0.15, 0.2) is 42.5 Å². The first-order valence-corrected chi connectivity index (χ1v) is 12.2. The van der Waals surface area contributed by atoms with E-state index in [1.54, 1.807) is 0 Å². The molecule has 1 unspecified atom stereocenters. The van der Waals surface area contributed by atoms with Crippen molar-refractivity contribution in [3.8, 4) is 11.5 Å². The minimum Gasteiger partial charge on any atom is -0.508 e. The third-order valence-corrected chi connectivity index (χ3v) is 5.18. The number of phenolic OH excluding ortho intramolecular Hbond substituents is 1. The molecule has 0 aliphatic carbocycles. The van der Waals surface area contributed by atoms with Crippen LogP contribution in [0.3, 0.4) is 0 Å². The van der Waals surface area contributed by atoms with Crippen LogP contribution in [0.25, 0.3) is 0 Å². The number of nitrogens with two attached hydrogens (primary N) is 1. The molecule has 186 valence electrons. The Bertz CT molecular complexity index is 1010. The van der Waals surface area contributed by atoms with Gasteiger partial charge in [0, 0.05) is 6.54 Å². The predicted octanol–water partition coefficient (Wildman–Crippen LogP) is 2.69. The van der Waals surface area contributed by atoms with E-state index >= 15 is 0 Å². The Labute approximate surface area is 196 Å². The number of carbonyl (C=O) groups excluding carboxylic acids is 2. The van der Waals surface area contributed by atoms with Crippen molar-refractivity contribution in [3.63, 3.8) is 0 Å². The lowest BCUT2D eigenvalue weighted by molar-refractivity contribution is -0.126. The minimum atomic E-state index is -4.97. The largest absolute Gasteiger partial charge is 0.524 e. The SMILES string of the molecule is NCCCCCCNC(=O)C(F)c1ccc(OP(=O)(O)O)c(NC(=O)Cc2ccc(O)cc2)c1. The van der Waals surface area contributed by atoms with E-state index in [2.05, 4.69) is 15.2 Å². The van der Waals surface area contributed by atoms with Crippen molar-refractivity contribution in [2.75, 3.05) is 18.4 Å². The Hall–Kier alpha value is -2.98. The maximum absolute atomic E-state index is 14.8. The zero-order chi connectivity index (χ0) is 25.1. The number of alkyl halides is 1. The zero-order valence-corrected chi connectivity index (χ0v) is 19.3. The monoisotopic (exact) mass is 497 g/mol. The molecule has 0 fully saturated rings. The summed E-state index contributed by atoms with van der Waals surface area (Å²) < 4.78 is 30.7. The van der Waals surface area contributed by atoms with Crippen molar-refractivity contribution in [1.82, 2.24) is 5.32 Å². The normalized spacial score (nSPS) is 12.1. The lowest BCUT2D eigenvalue weighted by Gasteiger charge is -2.16. The van der Waals surface area contributed by atoms with Crippen molar-refractivity contribution in [2.24, 2.45) is 5.73 Å². The molecular weight excluding hydrogens is 468 g/mol. The lowest BCUT2D eigenvalue weighted by atomic mass is 10.1. The Kier molecular flexibility index (Phi) is 10.5. The fraction of sp³-hybridized carbons (Fsp3) is 0.364. The minimum absolute atomic E-state index is 0.0250. The first kappa shape index (κ1) is 27.3. The fourth-order valence-electron chi connectivity index (χ4n) is 3.08. The summed E-state index contributed by atoms with van der Waals surface area (Å²) in [6, 6.07) is 9.15. The first-order valence-electron chi connectivity index (χ1n) is 10.7. The summed E-state index contributed by atoms with van der Waals surface area (Å²) in [7, 11) is -4.97. The van der Waals surface area contributed by atoms with Crippen LogP contribution in [0.4, 0.5) is 10.1 Å². The van der Waals surface area contributed by atoms with Gasteiger partial charge in [-0.3, -0.25) is 19.4 Å². The van der Waals surface area contributed by atoms with E-state index in [0.717, 1.165) is 37.5 Å². The van der Waals surface area contributed by atoms with Gasteiger partial charge in [-0.2, -0.15) is 0 Å². The van der Waals surface area contributed by atoms with Gasteiger partial charge in [-0.25, -0.2) is 8.96 Å². The molecule has 0 aromatic heterocycles. The van der Waals surface area contributed by atoms with Crippen molar-refractivity contribution in [2.45, 2.75) is 38.3 Å². The Morgan fingerprint density at radius 2 is 1.74 bits per heavy atom. The summed E-state index contributed by atoms with van der Waals surface area (Å²) >= 11 is 0. The molecule has 2 aromatic rings. The van der Waals surface area contributed by atoms with Crippen LogP contribution in [0.2, 0.25) is 0 Å². The molecule has 12 heteroatoms. The number of unbranched alkanes of at least 4 members (excludes halogenated alkanes) is 3. The smallest absolute Gasteiger partial charge is 0.508 e. The molecule has 0 saturated carbocycles. The number of hydrogen-bond acceptors (Lipinski definition) is 6. The van der Waals surface area contributed by atoms with Crippen LogP contribution in [0, 0.1) is 0 Å². The zero-order valence-electron chi connectivity index (χ0n) is 18.4. The van der Waals surface area contributed by atoms with Crippen LogP contribution in [0.5, 0.6) is 11.5 Å². The number of phosphoric acid groups is 1. The van der Waals surface area contributed by atoms with E-state index in [-0.39, 0.29) is 29.2 Å². The number of hydrogen-bond donors (Lipinski definition) is 6. The topological polar surface area (TPSA) is 171 Å². The highest BCUT2D eigenvalue weighted by Crippen LogP contribution is 2.42. The maximum atomic E-state index is 14.8. The van der Waals surface area contributed by atoms with E-state index in [9.17, 15) is 23.7 Å². The van der Waals surface area contributed by atoms with Crippen molar-refractivity contribution in [1.29, 1.82) is 0 Å². The number of rotatable bonds is 13. The Morgan fingerprint density at radius 3 is 2.38 bits per heavy atom. The second-order valence-electron chi connectivity index (χ2n) is 7.59. The van der Waals surface area contributed by atoms with Gasteiger partial charge >= 0.3 is 7.82 Å². The van der Waals surface area contributed by atoms with E-state index in [1.807, 2.05) is 0 Å². The Morgan fingerprint density at radius 1 is 1.06 bits per heavy atom. The number of halogens is 1. The van der Waals surface area contributed by atoms with Gasteiger partial charge in [0.1, 0.15) is 5.75 Å². The van der Waals surface area contributed by atoms with Gasteiger partial charge in [-0.1, -0.05) is 31.0 Å². The standard InChI is InChI=1S/C22H29FN3O7P/c23-21(22(29)25-12-4-2-1-3-11-24)16-7-10-19(33-34(30,31)32)18(14-16)26-20(28)13-15-5-8-17(27)9-6-15/h5-10,14,21,27H,1-4,11-13,24H2,(H,25,29)(H,26,28)(H2,30,31,32).